The van der Waals surface area contributed by atoms with Gasteiger partial charge < -0.3 is 5.32 Å². The molecule has 0 unspecified atom stereocenters. The summed E-state index contributed by atoms with van der Waals surface area (Å²) in [5, 5.41) is 12.7. The molecule has 3 heterocycles. The van der Waals surface area contributed by atoms with Gasteiger partial charge in [0.2, 0.25) is 5.91 Å². The van der Waals surface area contributed by atoms with Crippen LogP contribution in [0.4, 0.5) is 5.69 Å². The van der Waals surface area contributed by atoms with E-state index in [4.69, 9.17) is 0 Å². The molecular formula is C21H21N7O2. The third kappa shape index (κ3) is 3.95. The number of hydrogen-bond acceptors (Lipinski definition) is 6. The number of hydrazone groups is 1. The van der Waals surface area contributed by atoms with Crippen molar-refractivity contribution in [1.82, 2.24) is 25.1 Å². The van der Waals surface area contributed by atoms with Gasteiger partial charge in [-0.15, -0.1) is 0 Å². The van der Waals surface area contributed by atoms with Gasteiger partial charge in [-0.2, -0.15) is 10.2 Å². The number of nitrogens with one attached hydrogen (secondary N) is 1. The summed E-state index contributed by atoms with van der Waals surface area (Å²) in [7, 11) is 0. The van der Waals surface area contributed by atoms with E-state index in [9.17, 15) is 9.59 Å². The molecule has 1 aliphatic heterocycles. The van der Waals surface area contributed by atoms with Crippen LogP contribution < -0.4 is 10.3 Å². The van der Waals surface area contributed by atoms with Crippen molar-refractivity contribution in [1.29, 1.82) is 0 Å². The molecule has 152 valence electrons. The Bertz CT molecular complexity index is 1120. The van der Waals surface area contributed by atoms with Gasteiger partial charge >= 0.3 is 0 Å². The molecule has 9 nitrogen and oxygen atoms in total. The number of anilines is 1. The lowest BCUT2D eigenvalue weighted by Crippen LogP contribution is -2.39. The van der Waals surface area contributed by atoms with E-state index in [1.54, 1.807) is 23.3 Å². The van der Waals surface area contributed by atoms with Gasteiger partial charge in [0, 0.05) is 31.1 Å². The van der Waals surface area contributed by atoms with Gasteiger partial charge in [0.15, 0.2) is 5.82 Å². The van der Waals surface area contributed by atoms with Gasteiger partial charge in [-0.25, -0.2) is 19.7 Å². The molecule has 3 aromatic rings. The number of hydrogen-bond donors (Lipinski definition) is 1. The third-order valence-electron chi connectivity index (χ3n) is 4.83. The number of nitrogens with zero attached hydrogens (tertiary/aromatic N) is 6. The maximum absolute atomic E-state index is 12.8. The minimum absolute atomic E-state index is 0.124. The predicted octanol–water partition coefficient (Wildman–Crippen LogP) is 2.08. The Labute approximate surface area is 173 Å². The first-order chi connectivity index (χ1) is 14.5. The van der Waals surface area contributed by atoms with Crippen molar-refractivity contribution in [2.45, 2.75) is 33.2 Å². The number of rotatable bonds is 5. The molecule has 0 saturated heterocycles. The number of benzene rings is 1. The van der Waals surface area contributed by atoms with Crippen molar-refractivity contribution in [2.24, 2.45) is 5.10 Å². The highest BCUT2D eigenvalue weighted by molar-refractivity contribution is 6.40. The van der Waals surface area contributed by atoms with E-state index in [0.29, 0.717) is 23.6 Å². The maximum atomic E-state index is 12.8. The zero-order valence-corrected chi connectivity index (χ0v) is 16.7. The molecule has 4 rings (SSSR count). The van der Waals surface area contributed by atoms with E-state index in [2.05, 4.69) is 25.5 Å². The Balaban J connectivity index is 1.53. The van der Waals surface area contributed by atoms with Gasteiger partial charge in [0.05, 0.1) is 5.69 Å². The number of pyridine rings is 1. The maximum Gasteiger partial charge on any atom is 0.267 e. The first-order valence-electron chi connectivity index (χ1n) is 9.57. The summed E-state index contributed by atoms with van der Waals surface area (Å²) in [5.41, 5.74) is 3.75. The van der Waals surface area contributed by atoms with Crippen molar-refractivity contribution in [2.75, 3.05) is 5.01 Å². The van der Waals surface area contributed by atoms with Crippen LogP contribution in [-0.2, 0) is 16.1 Å². The van der Waals surface area contributed by atoms with Crippen LogP contribution in [0.15, 0.2) is 54.3 Å². The molecule has 2 amide bonds. The van der Waals surface area contributed by atoms with E-state index in [1.807, 2.05) is 38.1 Å². The van der Waals surface area contributed by atoms with Gasteiger partial charge in [-0.1, -0.05) is 18.2 Å². The average Bonchev–Trinajstić information content (AvgIpc) is 3.29. The summed E-state index contributed by atoms with van der Waals surface area (Å²) in [5.74, 6) is 0.153. The predicted molar refractivity (Wildman–Crippen MR) is 111 cm³/mol. The van der Waals surface area contributed by atoms with Crippen molar-refractivity contribution in [3.05, 3.63) is 65.9 Å². The second-order valence-corrected chi connectivity index (χ2v) is 7.05. The fourth-order valence-corrected chi connectivity index (χ4v) is 3.22. The zero-order chi connectivity index (χ0) is 21.1. The standard InChI is InChI=1S/C21H21N7O2/c1-14-5-6-15(2)18(10-14)28-19(29)8-7-17(26-28)21(30)24-11-16-4-3-9-23-20(16)27-13-22-12-25-27/h3-6,9-10,12-13H,7-8,11H2,1-2H3,(H,24,30). The van der Waals surface area contributed by atoms with Crippen LogP contribution in [0.3, 0.4) is 0 Å². The lowest BCUT2D eigenvalue weighted by atomic mass is 10.1. The lowest BCUT2D eigenvalue weighted by Gasteiger charge is -2.25. The second kappa shape index (κ2) is 8.24. The molecule has 0 aliphatic carbocycles. The van der Waals surface area contributed by atoms with Gasteiger partial charge in [-0.3, -0.25) is 9.59 Å². The zero-order valence-electron chi connectivity index (χ0n) is 16.7. The lowest BCUT2D eigenvalue weighted by molar-refractivity contribution is -0.119. The van der Waals surface area contributed by atoms with E-state index in [1.165, 1.54) is 11.3 Å². The SMILES string of the molecule is Cc1ccc(C)c(N2N=C(C(=O)NCc3cccnc3-n3cncn3)CCC2=O)c1. The third-order valence-corrected chi connectivity index (χ3v) is 4.83. The highest BCUT2D eigenvalue weighted by atomic mass is 16.2. The normalized spacial score (nSPS) is 13.9. The molecule has 0 spiro atoms. The molecule has 1 aliphatic rings. The van der Waals surface area contributed by atoms with Gasteiger partial charge in [-0.05, 0) is 37.1 Å². The molecule has 2 aromatic heterocycles. The number of carbonyl (C=O) groups is 2. The average molecular weight is 403 g/mol. The number of carbonyl (C=O) groups excluding carboxylic acids is 2. The molecular weight excluding hydrogens is 382 g/mol. The second-order valence-electron chi connectivity index (χ2n) is 7.05. The molecule has 0 radical (unpaired) electrons. The smallest absolute Gasteiger partial charge is 0.267 e. The van der Waals surface area contributed by atoms with Crippen molar-refractivity contribution in [3.8, 4) is 5.82 Å². The quantitative estimate of drug-likeness (QED) is 0.702. The Morgan fingerprint density at radius 3 is 2.87 bits per heavy atom. The molecule has 1 aromatic carbocycles. The summed E-state index contributed by atoms with van der Waals surface area (Å²) in [6.07, 6.45) is 5.16. The Hall–Kier alpha value is -3.88. The monoisotopic (exact) mass is 403 g/mol. The van der Waals surface area contributed by atoms with E-state index in [-0.39, 0.29) is 24.8 Å². The summed E-state index contributed by atoms with van der Waals surface area (Å²) in [6.45, 7) is 4.12. The van der Waals surface area contributed by atoms with Crippen molar-refractivity contribution in [3.63, 3.8) is 0 Å². The van der Waals surface area contributed by atoms with Crippen LogP contribution in [0.5, 0.6) is 0 Å². The van der Waals surface area contributed by atoms with Crippen molar-refractivity contribution >= 4 is 23.2 Å². The summed E-state index contributed by atoms with van der Waals surface area (Å²) in [6, 6.07) is 9.47. The van der Waals surface area contributed by atoms with Crippen LogP contribution in [0.2, 0.25) is 0 Å². The van der Waals surface area contributed by atoms with Crippen LogP contribution in [-0.4, -0.2) is 37.3 Å². The topological polar surface area (TPSA) is 105 Å². The van der Waals surface area contributed by atoms with Crippen molar-refractivity contribution < 1.29 is 9.59 Å². The fraction of sp³-hybridized carbons (Fsp3) is 0.238. The fourth-order valence-electron chi connectivity index (χ4n) is 3.22. The van der Waals surface area contributed by atoms with Crippen LogP contribution in [0.25, 0.3) is 5.82 Å². The highest BCUT2D eigenvalue weighted by Crippen LogP contribution is 2.25. The van der Waals surface area contributed by atoms with E-state index < -0.39 is 0 Å². The first-order valence-corrected chi connectivity index (χ1v) is 9.57. The molecule has 0 fully saturated rings. The molecule has 9 heteroatoms. The number of aryl methyl sites for hydroxylation is 2. The summed E-state index contributed by atoms with van der Waals surface area (Å²) in [4.78, 5) is 33.5. The Morgan fingerprint density at radius 1 is 1.20 bits per heavy atom. The van der Waals surface area contributed by atoms with Crippen LogP contribution >= 0.6 is 0 Å². The summed E-state index contributed by atoms with van der Waals surface area (Å²) >= 11 is 0. The largest absolute Gasteiger partial charge is 0.347 e. The Morgan fingerprint density at radius 2 is 2.07 bits per heavy atom. The van der Waals surface area contributed by atoms with E-state index in [0.717, 1.165) is 16.7 Å². The molecule has 30 heavy (non-hydrogen) atoms. The minimum Gasteiger partial charge on any atom is -0.347 e. The number of amides is 2. The number of aromatic nitrogens is 4. The summed E-state index contributed by atoms with van der Waals surface area (Å²) < 4.78 is 1.54. The van der Waals surface area contributed by atoms with Gasteiger partial charge in [0.1, 0.15) is 18.4 Å². The molecule has 0 saturated carbocycles. The van der Waals surface area contributed by atoms with Crippen LogP contribution in [0, 0.1) is 13.8 Å². The molecule has 0 bridgehead atoms. The molecule has 0 atom stereocenters. The molecule has 1 N–H and O–H groups in total. The first kappa shape index (κ1) is 19.4. The van der Waals surface area contributed by atoms with E-state index >= 15 is 0 Å². The van der Waals surface area contributed by atoms with Crippen LogP contribution in [0.1, 0.15) is 29.5 Å². The van der Waals surface area contributed by atoms with Gasteiger partial charge in [0.25, 0.3) is 5.91 Å². The minimum atomic E-state index is -0.314. The highest BCUT2D eigenvalue weighted by Gasteiger charge is 2.26. The Kier molecular flexibility index (Phi) is 5.34.